The predicted octanol–water partition coefficient (Wildman–Crippen LogP) is 1.87. The summed E-state index contributed by atoms with van der Waals surface area (Å²) in [5, 5.41) is 4.91. The number of piperazine rings is 1. The Balaban J connectivity index is 1.25. The second-order valence-corrected chi connectivity index (χ2v) is 7.64. The second-order valence-electron chi connectivity index (χ2n) is 6.69. The van der Waals surface area contributed by atoms with Crippen LogP contribution in [0.2, 0.25) is 0 Å². The Morgan fingerprint density at radius 1 is 1.19 bits per heavy atom. The third-order valence-corrected chi connectivity index (χ3v) is 5.46. The molecule has 0 N–H and O–H groups in total. The molecule has 0 spiro atoms. The van der Waals surface area contributed by atoms with Crippen molar-refractivity contribution in [3.05, 3.63) is 53.9 Å². The maximum absolute atomic E-state index is 12.5. The van der Waals surface area contributed by atoms with E-state index in [0.717, 1.165) is 32.7 Å². The molecule has 3 aromatic rings. The smallest absolute Gasteiger partial charge is 0.253 e. The minimum absolute atomic E-state index is 0.141. The Labute approximate surface area is 162 Å². The fourth-order valence-electron chi connectivity index (χ4n) is 3.22. The van der Waals surface area contributed by atoms with Gasteiger partial charge in [-0.25, -0.2) is 9.50 Å². The molecule has 0 radical (unpaired) electrons. The maximum Gasteiger partial charge on any atom is 0.253 e. The van der Waals surface area contributed by atoms with E-state index >= 15 is 0 Å². The molecule has 8 heteroatoms. The zero-order valence-electron chi connectivity index (χ0n) is 15.3. The van der Waals surface area contributed by atoms with Crippen LogP contribution < -0.4 is 0 Å². The van der Waals surface area contributed by atoms with Crippen LogP contribution in [0.25, 0.3) is 5.78 Å². The average Bonchev–Trinajstić information content (AvgIpc) is 3.10. The van der Waals surface area contributed by atoms with Crippen molar-refractivity contribution in [3.8, 4) is 0 Å². The van der Waals surface area contributed by atoms with Crippen LogP contribution in [0.1, 0.15) is 11.1 Å². The molecule has 2 aromatic heterocycles. The van der Waals surface area contributed by atoms with Gasteiger partial charge in [-0.05, 0) is 18.6 Å². The molecular weight excluding hydrogens is 360 g/mol. The van der Waals surface area contributed by atoms with Crippen LogP contribution in [-0.2, 0) is 11.3 Å². The molecule has 0 aliphatic carbocycles. The van der Waals surface area contributed by atoms with Crippen LogP contribution in [0.5, 0.6) is 0 Å². The first-order chi connectivity index (χ1) is 13.2. The van der Waals surface area contributed by atoms with E-state index < -0.39 is 0 Å². The van der Waals surface area contributed by atoms with Gasteiger partial charge in [0.05, 0.1) is 5.75 Å². The maximum atomic E-state index is 12.5. The summed E-state index contributed by atoms with van der Waals surface area (Å²) in [6.07, 6.45) is 3.48. The Bertz CT molecular complexity index is 902. The van der Waals surface area contributed by atoms with Gasteiger partial charge in [0.2, 0.25) is 11.1 Å². The van der Waals surface area contributed by atoms with Crippen molar-refractivity contribution in [3.63, 3.8) is 0 Å². The Hall–Kier alpha value is -2.45. The number of carbonyl (C=O) groups excluding carboxylic acids is 1. The van der Waals surface area contributed by atoms with E-state index in [-0.39, 0.29) is 5.91 Å². The minimum Gasteiger partial charge on any atom is -0.339 e. The van der Waals surface area contributed by atoms with E-state index in [9.17, 15) is 4.79 Å². The lowest BCUT2D eigenvalue weighted by molar-refractivity contribution is -0.130. The molecule has 0 atom stereocenters. The number of hydrogen-bond donors (Lipinski definition) is 0. The molecule has 1 amide bonds. The summed E-state index contributed by atoms with van der Waals surface area (Å²) in [6, 6.07) is 10.4. The molecule has 1 saturated heterocycles. The molecule has 27 heavy (non-hydrogen) atoms. The molecule has 1 aromatic carbocycles. The molecule has 0 unspecified atom stereocenters. The zero-order chi connectivity index (χ0) is 18.6. The molecule has 0 bridgehead atoms. The van der Waals surface area contributed by atoms with E-state index in [1.54, 1.807) is 23.0 Å². The summed E-state index contributed by atoms with van der Waals surface area (Å²) in [5.41, 5.74) is 2.62. The molecule has 0 saturated carbocycles. The number of benzene rings is 1. The van der Waals surface area contributed by atoms with Gasteiger partial charge in [-0.15, -0.1) is 5.10 Å². The van der Waals surface area contributed by atoms with Crippen molar-refractivity contribution in [2.24, 2.45) is 0 Å². The van der Waals surface area contributed by atoms with Gasteiger partial charge in [-0.3, -0.25) is 9.69 Å². The van der Waals surface area contributed by atoms with Gasteiger partial charge in [0.1, 0.15) is 0 Å². The van der Waals surface area contributed by atoms with E-state index in [4.69, 9.17) is 0 Å². The Morgan fingerprint density at radius 3 is 2.81 bits per heavy atom. The Kier molecular flexibility index (Phi) is 5.35. The van der Waals surface area contributed by atoms with Gasteiger partial charge in [-0.1, -0.05) is 41.6 Å². The highest BCUT2D eigenvalue weighted by atomic mass is 32.2. The van der Waals surface area contributed by atoms with Gasteiger partial charge in [0.15, 0.2) is 0 Å². The van der Waals surface area contributed by atoms with Crippen LogP contribution in [0.4, 0.5) is 0 Å². The summed E-state index contributed by atoms with van der Waals surface area (Å²) >= 11 is 1.37. The SMILES string of the molecule is Cc1cccc(CN2CCN(C(=O)CSc3nc4ncccn4n3)CC2)c1. The van der Waals surface area contributed by atoms with E-state index in [1.807, 2.05) is 4.90 Å². The van der Waals surface area contributed by atoms with Gasteiger partial charge in [0, 0.05) is 45.1 Å². The highest BCUT2D eigenvalue weighted by molar-refractivity contribution is 7.99. The number of carbonyl (C=O) groups is 1. The fraction of sp³-hybridized carbons (Fsp3) is 0.368. The molecule has 1 aliphatic heterocycles. The van der Waals surface area contributed by atoms with E-state index in [1.165, 1.54) is 22.9 Å². The van der Waals surface area contributed by atoms with E-state index in [2.05, 4.69) is 51.2 Å². The molecule has 7 nitrogen and oxygen atoms in total. The van der Waals surface area contributed by atoms with Gasteiger partial charge >= 0.3 is 0 Å². The first kappa shape index (κ1) is 17.9. The first-order valence-electron chi connectivity index (χ1n) is 9.03. The summed E-state index contributed by atoms with van der Waals surface area (Å²) in [4.78, 5) is 25.3. The molecule has 4 rings (SSSR count). The molecular formula is C19H22N6OS. The summed E-state index contributed by atoms with van der Waals surface area (Å²) < 4.78 is 1.62. The topological polar surface area (TPSA) is 66.6 Å². The minimum atomic E-state index is 0.141. The normalized spacial score (nSPS) is 15.4. The third kappa shape index (κ3) is 4.45. The van der Waals surface area contributed by atoms with Crippen molar-refractivity contribution in [2.75, 3.05) is 31.9 Å². The predicted molar refractivity (Wildman–Crippen MR) is 105 cm³/mol. The average molecular weight is 382 g/mol. The lowest BCUT2D eigenvalue weighted by Gasteiger charge is -2.34. The van der Waals surface area contributed by atoms with Crippen molar-refractivity contribution in [1.29, 1.82) is 0 Å². The number of fused-ring (bicyclic) bond motifs is 1. The fourth-order valence-corrected chi connectivity index (χ4v) is 3.94. The number of amides is 1. The molecule has 140 valence electrons. The second kappa shape index (κ2) is 8.06. The van der Waals surface area contributed by atoms with E-state index in [0.29, 0.717) is 16.7 Å². The highest BCUT2D eigenvalue weighted by Crippen LogP contribution is 2.16. The Morgan fingerprint density at radius 2 is 2.04 bits per heavy atom. The summed E-state index contributed by atoms with van der Waals surface area (Å²) in [7, 11) is 0. The number of aryl methyl sites for hydroxylation is 1. The van der Waals surface area contributed by atoms with Crippen LogP contribution >= 0.6 is 11.8 Å². The number of nitrogens with zero attached hydrogens (tertiary/aromatic N) is 6. The van der Waals surface area contributed by atoms with Gasteiger partial charge in [0.25, 0.3) is 5.78 Å². The third-order valence-electron chi connectivity index (χ3n) is 4.64. The number of aromatic nitrogens is 4. The largest absolute Gasteiger partial charge is 0.339 e. The summed E-state index contributed by atoms with van der Waals surface area (Å²) in [6.45, 7) is 6.40. The molecule has 1 fully saturated rings. The lowest BCUT2D eigenvalue weighted by atomic mass is 10.1. The number of thioether (sulfide) groups is 1. The number of hydrogen-bond acceptors (Lipinski definition) is 6. The van der Waals surface area contributed by atoms with Crippen LogP contribution in [0.3, 0.4) is 0 Å². The zero-order valence-corrected chi connectivity index (χ0v) is 16.1. The standard InChI is InChI=1S/C19H22N6OS/c1-15-4-2-5-16(12-15)13-23-8-10-24(11-9-23)17(26)14-27-19-21-18-20-6-3-7-25(18)22-19/h2-7,12H,8-11,13-14H2,1H3. The molecule has 1 aliphatic rings. The lowest BCUT2D eigenvalue weighted by Crippen LogP contribution is -2.48. The van der Waals surface area contributed by atoms with Crippen LogP contribution in [0, 0.1) is 6.92 Å². The van der Waals surface area contributed by atoms with Gasteiger partial charge < -0.3 is 4.90 Å². The molecule has 3 heterocycles. The van der Waals surface area contributed by atoms with Crippen molar-refractivity contribution in [1.82, 2.24) is 29.4 Å². The van der Waals surface area contributed by atoms with Crippen molar-refractivity contribution >= 4 is 23.4 Å². The van der Waals surface area contributed by atoms with Crippen LogP contribution in [0.15, 0.2) is 47.9 Å². The first-order valence-corrected chi connectivity index (χ1v) is 10.0. The monoisotopic (exact) mass is 382 g/mol. The summed E-state index contributed by atoms with van der Waals surface area (Å²) in [5.74, 6) is 1.05. The highest BCUT2D eigenvalue weighted by Gasteiger charge is 2.21. The quantitative estimate of drug-likeness (QED) is 0.628. The van der Waals surface area contributed by atoms with Gasteiger partial charge in [-0.2, -0.15) is 4.98 Å². The number of rotatable bonds is 5. The van der Waals surface area contributed by atoms with Crippen LogP contribution in [-0.4, -0.2) is 67.2 Å². The van der Waals surface area contributed by atoms with Crippen molar-refractivity contribution in [2.45, 2.75) is 18.6 Å². The van der Waals surface area contributed by atoms with Crippen molar-refractivity contribution < 1.29 is 4.79 Å².